The lowest BCUT2D eigenvalue weighted by molar-refractivity contribution is -0.265. The van der Waals surface area contributed by atoms with E-state index in [1.165, 1.54) is 6.92 Å². The van der Waals surface area contributed by atoms with Crippen molar-refractivity contribution in [3.8, 4) is 0 Å². The highest BCUT2D eigenvalue weighted by atomic mass is 16.7. The zero-order chi connectivity index (χ0) is 17.5. The number of aliphatic hydroxyl groups is 2. The first-order chi connectivity index (χ1) is 11.5. The summed E-state index contributed by atoms with van der Waals surface area (Å²) in [6.07, 6.45) is -4.56. The topological polar surface area (TPSA) is 137 Å². The normalized spacial score (nSPS) is 29.5. The van der Waals surface area contributed by atoms with Crippen molar-refractivity contribution in [2.45, 2.75) is 44.2 Å². The average molecular weight is 336 g/mol. The van der Waals surface area contributed by atoms with Crippen molar-refractivity contribution in [2.75, 3.05) is 6.54 Å². The number of hydrogen-bond acceptors (Lipinski definition) is 6. The Bertz CT molecular complexity index is 593. The van der Waals surface area contributed by atoms with Gasteiger partial charge in [-0.05, 0) is 11.1 Å². The van der Waals surface area contributed by atoms with Crippen LogP contribution in [0.15, 0.2) is 35.4 Å². The van der Waals surface area contributed by atoms with Gasteiger partial charge < -0.3 is 25.0 Å². The second kappa shape index (κ2) is 8.62. The van der Waals surface area contributed by atoms with E-state index in [4.69, 9.17) is 15.0 Å². The summed E-state index contributed by atoms with van der Waals surface area (Å²) in [5.41, 5.74) is 9.29. The average Bonchev–Trinajstić information content (AvgIpc) is 2.58. The number of nitrogens with zero attached hydrogens (tertiary/aromatic N) is 3. The standard InChI is InChI=1S/C15H20N4O5/c1-9(20)18-12-14(22)13(21)11(7-17-19-16)24-15(12)23-8-10-5-3-2-4-6-10/h2-6,11-15,21-22H,7-8H2,1H3,(H,18,20)/t11-,12+,13-,14+,15-/m1/s1. The number of amides is 1. The largest absolute Gasteiger partial charge is 0.388 e. The molecule has 3 N–H and O–H groups in total. The SMILES string of the molecule is CC(=O)N[C@@H]1[C@H](OCc2ccccc2)O[C@H](CN=[N+]=[N-])[C@@H](O)[C@H]1O. The lowest BCUT2D eigenvalue weighted by Gasteiger charge is -2.42. The van der Waals surface area contributed by atoms with Crippen molar-refractivity contribution in [1.29, 1.82) is 0 Å². The molecule has 0 spiro atoms. The maximum absolute atomic E-state index is 11.4. The molecule has 9 nitrogen and oxygen atoms in total. The molecule has 0 saturated carbocycles. The van der Waals surface area contributed by atoms with Crippen molar-refractivity contribution in [3.63, 3.8) is 0 Å². The number of carbonyl (C=O) groups excluding carboxylic acids is 1. The van der Waals surface area contributed by atoms with Crippen LogP contribution in [0.3, 0.4) is 0 Å². The summed E-state index contributed by atoms with van der Waals surface area (Å²) >= 11 is 0. The van der Waals surface area contributed by atoms with Gasteiger partial charge in [-0.15, -0.1) is 0 Å². The van der Waals surface area contributed by atoms with Gasteiger partial charge in [-0.2, -0.15) is 0 Å². The van der Waals surface area contributed by atoms with Crippen molar-refractivity contribution >= 4 is 5.91 Å². The van der Waals surface area contributed by atoms with Gasteiger partial charge in [0.15, 0.2) is 6.29 Å². The first-order valence-electron chi connectivity index (χ1n) is 7.48. The molecule has 1 fully saturated rings. The van der Waals surface area contributed by atoms with Crippen LogP contribution in [-0.2, 0) is 20.9 Å². The summed E-state index contributed by atoms with van der Waals surface area (Å²) in [4.78, 5) is 14.0. The van der Waals surface area contributed by atoms with Crippen LogP contribution in [0, 0.1) is 0 Å². The Hall–Kier alpha value is -2.16. The number of aliphatic hydroxyl groups excluding tert-OH is 2. The number of carbonyl (C=O) groups is 1. The van der Waals surface area contributed by atoms with Gasteiger partial charge in [-0.3, -0.25) is 4.79 Å². The molecule has 130 valence electrons. The number of benzene rings is 1. The first-order valence-corrected chi connectivity index (χ1v) is 7.48. The molecule has 9 heteroatoms. The molecule has 24 heavy (non-hydrogen) atoms. The fraction of sp³-hybridized carbons (Fsp3) is 0.533. The number of azide groups is 1. The predicted octanol–water partition coefficient (Wildman–Crippen LogP) is 0.465. The number of nitrogens with one attached hydrogen (secondary N) is 1. The first kappa shape index (κ1) is 18.2. The van der Waals surface area contributed by atoms with E-state index in [9.17, 15) is 15.0 Å². The Labute approximate surface area is 138 Å². The summed E-state index contributed by atoms with van der Waals surface area (Å²) in [7, 11) is 0. The minimum atomic E-state index is -1.32. The molecule has 1 aliphatic heterocycles. The van der Waals surface area contributed by atoms with Gasteiger partial charge in [0.05, 0.1) is 19.3 Å². The van der Waals surface area contributed by atoms with Gasteiger partial charge in [0.2, 0.25) is 5.91 Å². The summed E-state index contributed by atoms with van der Waals surface area (Å²) in [5, 5.41) is 26.2. The van der Waals surface area contributed by atoms with E-state index in [2.05, 4.69) is 15.3 Å². The molecule has 0 unspecified atom stereocenters. The van der Waals surface area contributed by atoms with Crippen LogP contribution in [0.1, 0.15) is 12.5 Å². The second-order valence-electron chi connectivity index (χ2n) is 5.46. The fourth-order valence-corrected chi connectivity index (χ4v) is 2.48. The Morgan fingerprint density at radius 3 is 2.71 bits per heavy atom. The Balaban J connectivity index is 2.11. The maximum Gasteiger partial charge on any atom is 0.217 e. The molecule has 1 aromatic carbocycles. The Morgan fingerprint density at radius 2 is 2.08 bits per heavy atom. The molecule has 2 rings (SSSR count). The van der Waals surface area contributed by atoms with E-state index in [-0.39, 0.29) is 13.2 Å². The number of rotatable bonds is 6. The Morgan fingerprint density at radius 1 is 1.38 bits per heavy atom. The minimum absolute atomic E-state index is 0.160. The van der Waals surface area contributed by atoms with Gasteiger partial charge in [-0.1, -0.05) is 35.4 Å². The highest BCUT2D eigenvalue weighted by Crippen LogP contribution is 2.23. The van der Waals surface area contributed by atoms with Gasteiger partial charge in [0.25, 0.3) is 0 Å². The summed E-state index contributed by atoms with van der Waals surface area (Å²) in [6, 6.07) is 8.36. The lowest BCUT2D eigenvalue weighted by Crippen LogP contribution is -2.64. The molecular weight excluding hydrogens is 316 g/mol. The van der Waals surface area contributed by atoms with E-state index in [1.807, 2.05) is 30.3 Å². The monoisotopic (exact) mass is 336 g/mol. The third kappa shape index (κ3) is 4.67. The Kier molecular flexibility index (Phi) is 6.53. The van der Waals surface area contributed by atoms with Crippen molar-refractivity contribution in [3.05, 3.63) is 46.3 Å². The maximum atomic E-state index is 11.4. The van der Waals surface area contributed by atoms with Crippen molar-refractivity contribution in [1.82, 2.24) is 5.32 Å². The second-order valence-corrected chi connectivity index (χ2v) is 5.46. The lowest BCUT2D eigenvalue weighted by atomic mass is 9.96. The van der Waals surface area contributed by atoms with Crippen molar-refractivity contribution in [2.24, 2.45) is 5.11 Å². The van der Waals surface area contributed by atoms with Crippen LogP contribution in [0.25, 0.3) is 10.4 Å². The molecule has 1 saturated heterocycles. The molecule has 1 heterocycles. The molecule has 1 amide bonds. The van der Waals surface area contributed by atoms with Gasteiger partial charge in [0, 0.05) is 11.8 Å². The predicted molar refractivity (Wildman–Crippen MR) is 83.5 cm³/mol. The number of ether oxygens (including phenoxy) is 2. The van der Waals surface area contributed by atoms with E-state index in [0.717, 1.165) is 5.56 Å². The van der Waals surface area contributed by atoms with Gasteiger partial charge >= 0.3 is 0 Å². The zero-order valence-corrected chi connectivity index (χ0v) is 13.1. The number of hydrogen-bond donors (Lipinski definition) is 3. The van der Waals surface area contributed by atoms with E-state index < -0.39 is 36.6 Å². The van der Waals surface area contributed by atoms with Gasteiger partial charge in [0.1, 0.15) is 18.2 Å². The van der Waals surface area contributed by atoms with E-state index >= 15 is 0 Å². The third-order valence-electron chi connectivity index (χ3n) is 3.65. The quantitative estimate of drug-likeness (QED) is 0.394. The van der Waals surface area contributed by atoms with E-state index in [0.29, 0.717) is 0 Å². The molecular formula is C15H20N4O5. The zero-order valence-electron chi connectivity index (χ0n) is 13.1. The van der Waals surface area contributed by atoms with Crippen LogP contribution in [0.2, 0.25) is 0 Å². The highest BCUT2D eigenvalue weighted by Gasteiger charge is 2.45. The summed E-state index contributed by atoms with van der Waals surface area (Å²) in [5.74, 6) is -0.392. The molecule has 0 radical (unpaired) electrons. The van der Waals surface area contributed by atoms with Crippen molar-refractivity contribution < 1.29 is 24.5 Å². The van der Waals surface area contributed by atoms with Crippen LogP contribution >= 0.6 is 0 Å². The van der Waals surface area contributed by atoms with Crippen LogP contribution in [0.5, 0.6) is 0 Å². The molecule has 1 aromatic rings. The summed E-state index contributed by atoms with van der Waals surface area (Å²) in [6.45, 7) is 1.32. The fourth-order valence-electron chi connectivity index (χ4n) is 2.48. The smallest absolute Gasteiger partial charge is 0.217 e. The van der Waals surface area contributed by atoms with Gasteiger partial charge in [-0.25, -0.2) is 0 Å². The molecule has 0 bridgehead atoms. The van der Waals surface area contributed by atoms with E-state index in [1.54, 1.807) is 0 Å². The van der Waals surface area contributed by atoms with Crippen LogP contribution in [0.4, 0.5) is 0 Å². The molecule has 0 aliphatic carbocycles. The summed E-state index contributed by atoms with van der Waals surface area (Å²) < 4.78 is 11.3. The molecule has 1 aliphatic rings. The highest BCUT2D eigenvalue weighted by molar-refractivity contribution is 5.73. The third-order valence-corrected chi connectivity index (χ3v) is 3.65. The molecule has 0 aromatic heterocycles. The minimum Gasteiger partial charge on any atom is -0.388 e. The molecule has 5 atom stereocenters. The van der Waals surface area contributed by atoms with Crippen LogP contribution < -0.4 is 5.32 Å². The van der Waals surface area contributed by atoms with Crippen LogP contribution in [-0.4, -0.2) is 53.3 Å².